The first kappa shape index (κ1) is 64.4. The number of pyridine rings is 2. The Labute approximate surface area is 633 Å². The van der Waals surface area contributed by atoms with Gasteiger partial charge in [-0.3, -0.25) is 9.97 Å². The van der Waals surface area contributed by atoms with Gasteiger partial charge in [0.15, 0.2) is 0 Å². The van der Waals surface area contributed by atoms with E-state index < -0.39 is 0 Å². The van der Waals surface area contributed by atoms with Gasteiger partial charge in [0.2, 0.25) is 0 Å². The zero-order valence-corrected chi connectivity index (χ0v) is 60.7. The average molecular weight is 1450 g/mol. The maximum Gasteiger partial charge on any atom is 0.569 e. The van der Waals surface area contributed by atoms with Crippen LogP contribution in [0.3, 0.4) is 0 Å². The van der Waals surface area contributed by atoms with E-state index in [4.69, 9.17) is 5.02 Å². The van der Waals surface area contributed by atoms with Gasteiger partial charge in [0.25, 0.3) is 0 Å². The number of para-hydroxylation sites is 2. The first-order chi connectivity index (χ1) is 53.3. The fourth-order valence-electron chi connectivity index (χ4n) is 17.5. The fourth-order valence-corrected chi connectivity index (χ4v) is 17.8. The molecule has 507 valence electrons. The molecule has 0 saturated carbocycles. The fraction of sp³-hybridized carbons (Fsp3) is 0.0200. The Hall–Kier alpha value is -13.2. The Bertz CT molecular complexity index is 6970. The van der Waals surface area contributed by atoms with Crippen molar-refractivity contribution in [1.82, 2.24) is 19.1 Å². The molecule has 6 nitrogen and oxygen atoms in total. The van der Waals surface area contributed by atoms with Crippen LogP contribution in [0.25, 0.3) is 198 Å². The third-order valence-corrected chi connectivity index (χ3v) is 22.3. The van der Waals surface area contributed by atoms with Crippen molar-refractivity contribution < 1.29 is 9.68 Å². The molecule has 4 aromatic heterocycles. The summed E-state index contributed by atoms with van der Waals surface area (Å²) in [6.45, 7) is 3.92. The first-order valence-corrected chi connectivity index (χ1v) is 37.4. The molecule has 0 fully saturated rings. The molecule has 0 aliphatic heterocycles. The number of hydrogen-bond donors (Lipinski definition) is 1. The Kier molecular flexibility index (Phi) is 15.7. The number of halogens is 1. The van der Waals surface area contributed by atoms with Gasteiger partial charge in [0, 0.05) is 60.5 Å². The van der Waals surface area contributed by atoms with E-state index in [0.717, 1.165) is 32.8 Å². The topological polar surface area (TPSA) is 65.1 Å². The van der Waals surface area contributed by atoms with Crippen molar-refractivity contribution in [1.29, 1.82) is 0 Å². The molecular weight excluding hydrogens is 1380 g/mol. The minimum absolute atomic E-state index is 0.535. The molecule has 108 heavy (non-hydrogen) atoms. The van der Waals surface area contributed by atoms with Crippen LogP contribution in [0.5, 0.6) is 5.75 Å². The van der Waals surface area contributed by atoms with Gasteiger partial charge >= 0.3 is 7.69 Å². The molecule has 2 aliphatic rings. The quantitative estimate of drug-likeness (QED) is 0.146. The first-order valence-electron chi connectivity index (χ1n) is 36.6. The lowest BCUT2D eigenvalue weighted by Gasteiger charge is -2.20. The smallest absolute Gasteiger partial charge is 0.536 e. The minimum atomic E-state index is 0.535. The predicted octanol–water partition coefficient (Wildman–Crippen LogP) is 26.6. The highest BCUT2D eigenvalue weighted by atomic mass is 79.9. The number of aromatic nitrogens is 4. The van der Waals surface area contributed by atoms with Crippen LogP contribution in [-0.4, -0.2) is 31.8 Å². The molecule has 0 saturated heterocycles. The largest absolute Gasteiger partial charge is 0.569 e. The lowest BCUT2D eigenvalue weighted by atomic mass is 9.82. The van der Waals surface area contributed by atoms with Gasteiger partial charge in [0.05, 0.1) is 28.3 Å². The summed E-state index contributed by atoms with van der Waals surface area (Å²) in [5.74, 6) is 0.535. The molecule has 0 amide bonds. The molecule has 1 N–H and O–H groups in total. The average Bonchev–Trinajstić information content (AvgIpc) is 1.53. The molecular formula is C100H65BBrN4O2. The van der Waals surface area contributed by atoms with E-state index in [0.29, 0.717) is 13.4 Å². The highest BCUT2D eigenvalue weighted by Crippen LogP contribution is 2.62. The van der Waals surface area contributed by atoms with E-state index in [1.807, 2.05) is 20.0 Å². The van der Waals surface area contributed by atoms with E-state index in [9.17, 15) is 0 Å². The van der Waals surface area contributed by atoms with Crippen molar-refractivity contribution in [2.75, 3.05) is 0 Å². The second kappa shape index (κ2) is 26.4. The van der Waals surface area contributed by atoms with Crippen LogP contribution in [0.2, 0.25) is 0 Å². The van der Waals surface area contributed by atoms with E-state index in [1.165, 1.54) is 181 Å². The number of hydrogen-bond acceptors (Lipinski definition) is 4. The number of fused-ring (bicyclic) bond motifs is 16. The predicted molar refractivity (Wildman–Crippen MR) is 455 cm³/mol. The molecule has 16 aromatic carbocycles. The molecule has 20 aromatic rings. The SMILES string of the molecule is Brc1ccc2c(c1)c1c3cccc4c3c(cc1n2-c1ccccc1)-c1c-4c(-c2ccccc2)c2ccccc2c1-c1ccccc1.Cc1ccc(-c2ccc3c(c2)c2c4cccc5c4c(cc2n3-c2ccccc2)-c2c-5c(-c3ccccc3)c3ccccc3c2-c2ccccc2)cn1.Cc1ccc(O[B]O)cn1. The van der Waals surface area contributed by atoms with Gasteiger partial charge in [0.1, 0.15) is 5.75 Å². The Balaban J connectivity index is 0.000000127. The van der Waals surface area contributed by atoms with Gasteiger partial charge < -0.3 is 18.8 Å². The number of rotatable bonds is 9. The summed E-state index contributed by atoms with van der Waals surface area (Å²) in [5, 5.41) is 23.6. The van der Waals surface area contributed by atoms with Crippen molar-refractivity contribution >= 4 is 110 Å². The van der Waals surface area contributed by atoms with E-state index in [-0.39, 0.29) is 0 Å². The van der Waals surface area contributed by atoms with Gasteiger partial charge in [-0.05, 0) is 236 Å². The molecule has 0 bridgehead atoms. The minimum Gasteiger partial charge on any atom is -0.536 e. The number of benzene rings is 16. The summed E-state index contributed by atoms with van der Waals surface area (Å²) in [6.07, 6.45) is 3.54. The summed E-state index contributed by atoms with van der Waals surface area (Å²) in [6, 6.07) is 124. The molecule has 1 radical (unpaired) electrons. The molecule has 0 unspecified atom stereocenters. The van der Waals surface area contributed by atoms with Crippen LogP contribution in [0, 0.1) is 13.8 Å². The molecule has 0 atom stereocenters. The van der Waals surface area contributed by atoms with E-state index in [1.54, 1.807) is 18.3 Å². The number of nitrogens with zero attached hydrogens (tertiary/aromatic N) is 4. The molecule has 0 spiro atoms. The maximum absolute atomic E-state index is 8.21. The van der Waals surface area contributed by atoms with Gasteiger partial charge in [-0.25, -0.2) is 0 Å². The van der Waals surface area contributed by atoms with Crippen LogP contribution in [0.4, 0.5) is 0 Å². The maximum atomic E-state index is 8.21. The summed E-state index contributed by atoms with van der Waals surface area (Å²) in [5.41, 5.74) is 32.0. The molecule has 2 aliphatic carbocycles. The highest BCUT2D eigenvalue weighted by molar-refractivity contribution is 9.10. The van der Waals surface area contributed by atoms with Gasteiger partial charge in [-0.1, -0.05) is 271 Å². The van der Waals surface area contributed by atoms with Crippen LogP contribution < -0.4 is 4.65 Å². The Morgan fingerprint density at radius 2 is 0.639 bits per heavy atom. The summed E-state index contributed by atoms with van der Waals surface area (Å²) >= 11 is 3.80. The Morgan fingerprint density at radius 1 is 0.278 bits per heavy atom. The van der Waals surface area contributed by atoms with E-state index in [2.05, 4.69) is 367 Å². The molecule has 4 heterocycles. The van der Waals surface area contributed by atoms with Crippen molar-refractivity contribution in [3.63, 3.8) is 0 Å². The molecule has 8 heteroatoms. The third kappa shape index (κ3) is 10.4. The summed E-state index contributed by atoms with van der Waals surface area (Å²) in [7, 11) is 0.631. The number of aryl methyl sites for hydroxylation is 2. The molecule has 22 rings (SSSR count). The second-order valence-electron chi connectivity index (χ2n) is 27.9. The zero-order valence-electron chi connectivity index (χ0n) is 59.1. The highest BCUT2D eigenvalue weighted by Gasteiger charge is 2.35. The van der Waals surface area contributed by atoms with Crippen molar-refractivity contribution in [2.24, 2.45) is 0 Å². The summed E-state index contributed by atoms with van der Waals surface area (Å²) in [4.78, 5) is 8.58. The van der Waals surface area contributed by atoms with Crippen molar-refractivity contribution in [3.05, 3.63) is 368 Å². The standard InChI is InChI=1S/C50H32N2.C44H26BrN.C6H7BNO2/c1-31-24-25-35(30-51-31)34-26-27-43-41(28-34)48-39-22-13-23-40-47(39)42(29-44(48)52(43)36-18-9-4-10-19-36)50-46(33-16-7-3-8-17-33)38-21-12-11-20-37(38)45(49(40)50)32-14-5-2-6-15-32;45-29-23-24-37-35(25-29)42-33-21-12-22-34-41(33)36(26-38(42)46(37)30-17-8-3-9-18-30)44-40(28-15-6-2-7-16-28)32-20-11-10-19-31(32)39(43(34)44)27-13-4-1-5-14-27;1-5-2-3-6(4-8-5)10-7-9/h2-30H,1H3;1-26H;2-4,9H,1H3. The Morgan fingerprint density at radius 3 is 1.04 bits per heavy atom. The van der Waals surface area contributed by atoms with Crippen LogP contribution in [0.15, 0.2) is 357 Å². The normalized spacial score (nSPS) is 11.7. The summed E-state index contributed by atoms with van der Waals surface area (Å²) < 4.78 is 10.6. The van der Waals surface area contributed by atoms with Gasteiger partial charge in [-0.15, -0.1) is 0 Å². The van der Waals surface area contributed by atoms with Gasteiger partial charge in [-0.2, -0.15) is 0 Å². The van der Waals surface area contributed by atoms with E-state index >= 15 is 0 Å². The van der Waals surface area contributed by atoms with Crippen molar-refractivity contribution in [3.8, 4) is 117 Å². The lowest BCUT2D eigenvalue weighted by Crippen LogP contribution is -1.99. The third-order valence-electron chi connectivity index (χ3n) is 21.8. The van der Waals surface area contributed by atoms with Crippen LogP contribution in [0.1, 0.15) is 11.4 Å². The van der Waals surface area contributed by atoms with Crippen LogP contribution in [-0.2, 0) is 0 Å². The second-order valence-corrected chi connectivity index (χ2v) is 28.8. The lowest BCUT2D eigenvalue weighted by molar-refractivity contribution is 0.452. The van der Waals surface area contributed by atoms with Crippen molar-refractivity contribution in [2.45, 2.75) is 13.8 Å². The zero-order chi connectivity index (χ0) is 72.1. The van der Waals surface area contributed by atoms with Crippen LogP contribution >= 0.6 is 15.9 Å². The monoisotopic (exact) mass is 1440 g/mol.